The van der Waals surface area contributed by atoms with Crippen molar-refractivity contribution in [3.05, 3.63) is 59.6 Å². The first kappa shape index (κ1) is 18.8. The fourth-order valence-electron chi connectivity index (χ4n) is 2.47. The van der Waals surface area contributed by atoms with Crippen LogP contribution in [-0.4, -0.2) is 41.9 Å². The van der Waals surface area contributed by atoms with Gasteiger partial charge in [0.2, 0.25) is 5.91 Å². The molecule has 0 saturated carbocycles. The molecule has 27 heavy (non-hydrogen) atoms. The van der Waals surface area contributed by atoms with Crippen LogP contribution < -0.4 is 10.1 Å². The van der Waals surface area contributed by atoms with E-state index in [0.29, 0.717) is 5.75 Å². The smallest absolute Gasteiger partial charge is 0.258 e. The molecule has 6 nitrogen and oxygen atoms in total. The Morgan fingerprint density at radius 1 is 1.15 bits per heavy atom. The molecular formula is C20H21N3O3S. The molecule has 0 aliphatic carbocycles. The van der Waals surface area contributed by atoms with E-state index in [1.807, 2.05) is 49.4 Å². The molecule has 3 rings (SSSR count). The number of amides is 2. The molecule has 0 radical (unpaired) electrons. The Labute approximate surface area is 161 Å². The van der Waals surface area contributed by atoms with Gasteiger partial charge < -0.3 is 15.0 Å². The highest BCUT2D eigenvalue weighted by Crippen LogP contribution is 2.28. The lowest BCUT2D eigenvalue weighted by atomic mass is 10.3. The van der Waals surface area contributed by atoms with Crippen LogP contribution in [-0.2, 0) is 9.59 Å². The van der Waals surface area contributed by atoms with Crippen LogP contribution in [0.4, 0.5) is 0 Å². The maximum atomic E-state index is 12.4. The van der Waals surface area contributed by atoms with Crippen molar-refractivity contribution >= 4 is 33.4 Å². The Hall–Kier alpha value is -2.93. The van der Waals surface area contributed by atoms with E-state index in [1.165, 1.54) is 0 Å². The van der Waals surface area contributed by atoms with Crippen molar-refractivity contribution in [3.63, 3.8) is 0 Å². The number of carbonyl (C=O) groups is 2. The summed E-state index contributed by atoms with van der Waals surface area (Å²) in [6.45, 7) is 1.72. The molecule has 3 aromatic rings. The van der Waals surface area contributed by atoms with E-state index in [1.54, 1.807) is 35.4 Å². The summed E-state index contributed by atoms with van der Waals surface area (Å²) in [7, 11) is 1.71. The van der Waals surface area contributed by atoms with Crippen LogP contribution in [0, 0.1) is 0 Å². The summed E-state index contributed by atoms with van der Waals surface area (Å²) in [5, 5.41) is 3.46. The minimum atomic E-state index is -0.340. The molecular weight excluding hydrogens is 362 g/mol. The van der Waals surface area contributed by atoms with E-state index < -0.39 is 0 Å². The molecule has 2 aromatic carbocycles. The quantitative estimate of drug-likeness (QED) is 0.681. The largest absolute Gasteiger partial charge is 0.484 e. The van der Waals surface area contributed by atoms with Crippen molar-refractivity contribution in [2.45, 2.75) is 13.0 Å². The number of carbonyl (C=O) groups excluding carboxylic acids is 2. The lowest BCUT2D eigenvalue weighted by molar-refractivity contribution is -0.133. The van der Waals surface area contributed by atoms with E-state index in [4.69, 9.17) is 4.74 Å². The molecule has 0 fully saturated rings. The molecule has 0 aliphatic heterocycles. The number of hydrogen-bond acceptors (Lipinski definition) is 5. The number of para-hydroxylation sites is 2. The van der Waals surface area contributed by atoms with Gasteiger partial charge in [0.1, 0.15) is 10.8 Å². The third-order valence-corrected chi connectivity index (χ3v) is 5.40. The van der Waals surface area contributed by atoms with Crippen LogP contribution in [0.3, 0.4) is 0 Å². The van der Waals surface area contributed by atoms with Gasteiger partial charge in [-0.05, 0) is 31.2 Å². The highest BCUT2D eigenvalue weighted by atomic mass is 32.1. The van der Waals surface area contributed by atoms with Crippen molar-refractivity contribution in [1.29, 1.82) is 0 Å². The first-order chi connectivity index (χ1) is 13.0. The van der Waals surface area contributed by atoms with E-state index >= 15 is 0 Å². The number of nitrogens with one attached hydrogen (secondary N) is 1. The third kappa shape index (κ3) is 4.83. The second-order valence-corrected chi connectivity index (χ2v) is 7.14. The average Bonchev–Trinajstić information content (AvgIpc) is 3.14. The molecule has 140 valence electrons. The van der Waals surface area contributed by atoms with Crippen molar-refractivity contribution in [1.82, 2.24) is 15.2 Å². The first-order valence-electron chi connectivity index (χ1n) is 8.60. The minimum Gasteiger partial charge on any atom is -0.484 e. The topological polar surface area (TPSA) is 71.5 Å². The van der Waals surface area contributed by atoms with Gasteiger partial charge in [0, 0.05) is 7.05 Å². The number of benzene rings is 2. The monoisotopic (exact) mass is 383 g/mol. The predicted molar refractivity (Wildman–Crippen MR) is 106 cm³/mol. The van der Waals surface area contributed by atoms with Gasteiger partial charge in [-0.25, -0.2) is 4.98 Å². The zero-order valence-electron chi connectivity index (χ0n) is 15.2. The molecule has 0 spiro atoms. The maximum absolute atomic E-state index is 12.4. The summed E-state index contributed by atoms with van der Waals surface area (Å²) < 4.78 is 6.46. The van der Waals surface area contributed by atoms with Crippen LogP contribution in [0.2, 0.25) is 0 Å². The van der Waals surface area contributed by atoms with Gasteiger partial charge in [-0.3, -0.25) is 9.59 Å². The van der Waals surface area contributed by atoms with Crippen molar-refractivity contribution in [2.24, 2.45) is 0 Å². The second-order valence-electron chi connectivity index (χ2n) is 6.08. The van der Waals surface area contributed by atoms with Gasteiger partial charge in [0.05, 0.1) is 22.8 Å². The van der Waals surface area contributed by atoms with Gasteiger partial charge in [-0.1, -0.05) is 30.3 Å². The lowest BCUT2D eigenvalue weighted by Gasteiger charge is -2.23. The number of nitrogens with zero attached hydrogens (tertiary/aromatic N) is 2. The first-order valence-corrected chi connectivity index (χ1v) is 9.42. The van der Waals surface area contributed by atoms with Crippen LogP contribution in [0.1, 0.15) is 18.0 Å². The zero-order valence-corrected chi connectivity index (χ0v) is 16.0. The Balaban J connectivity index is 1.50. The molecule has 1 N–H and O–H groups in total. The van der Waals surface area contributed by atoms with E-state index in [2.05, 4.69) is 10.3 Å². The number of rotatable bonds is 7. The summed E-state index contributed by atoms with van der Waals surface area (Å²) >= 11 is 1.57. The van der Waals surface area contributed by atoms with E-state index in [-0.39, 0.29) is 31.0 Å². The number of hydrogen-bond donors (Lipinski definition) is 1. The van der Waals surface area contributed by atoms with Crippen molar-refractivity contribution in [2.75, 3.05) is 20.2 Å². The molecule has 0 aliphatic rings. The maximum Gasteiger partial charge on any atom is 0.258 e. The van der Waals surface area contributed by atoms with Gasteiger partial charge >= 0.3 is 0 Å². The highest BCUT2D eigenvalue weighted by Gasteiger charge is 2.21. The fraction of sp³-hybridized carbons (Fsp3) is 0.250. The van der Waals surface area contributed by atoms with Crippen LogP contribution in [0.5, 0.6) is 5.75 Å². The molecule has 0 bridgehead atoms. The average molecular weight is 383 g/mol. The highest BCUT2D eigenvalue weighted by molar-refractivity contribution is 7.18. The molecule has 7 heteroatoms. The summed E-state index contributed by atoms with van der Waals surface area (Å²) in [4.78, 5) is 30.5. The Bertz CT molecular complexity index is 893. The molecule has 0 saturated heterocycles. The Kier molecular flexibility index (Phi) is 6.03. The molecule has 1 heterocycles. The lowest BCUT2D eigenvalue weighted by Crippen LogP contribution is -2.40. The SMILES string of the molecule is C[C@H](c1nc2ccccc2s1)N(C)C(=O)CNC(=O)COc1ccccc1. The summed E-state index contributed by atoms with van der Waals surface area (Å²) in [6, 6.07) is 16.8. The van der Waals surface area contributed by atoms with Gasteiger partial charge in [0.15, 0.2) is 6.61 Å². The minimum absolute atomic E-state index is 0.0806. The summed E-state index contributed by atoms with van der Waals surface area (Å²) in [5.41, 5.74) is 0.927. The number of aromatic nitrogens is 1. The summed E-state index contributed by atoms with van der Waals surface area (Å²) in [6.07, 6.45) is 0. The third-order valence-electron chi connectivity index (χ3n) is 4.19. The predicted octanol–water partition coefficient (Wildman–Crippen LogP) is 3.01. The van der Waals surface area contributed by atoms with Gasteiger partial charge in [-0.2, -0.15) is 0 Å². The molecule has 2 amide bonds. The molecule has 0 unspecified atom stereocenters. The van der Waals surface area contributed by atoms with Gasteiger partial charge in [-0.15, -0.1) is 11.3 Å². The van der Waals surface area contributed by atoms with Crippen LogP contribution >= 0.6 is 11.3 Å². The van der Waals surface area contributed by atoms with Crippen LogP contribution in [0.15, 0.2) is 54.6 Å². The summed E-state index contributed by atoms with van der Waals surface area (Å²) in [5.74, 6) is 0.0867. The van der Waals surface area contributed by atoms with E-state index in [0.717, 1.165) is 15.2 Å². The fourth-order valence-corrected chi connectivity index (χ4v) is 3.53. The normalized spacial score (nSPS) is 11.8. The number of fused-ring (bicyclic) bond motifs is 1. The van der Waals surface area contributed by atoms with Crippen molar-refractivity contribution in [3.8, 4) is 5.75 Å². The number of likely N-dealkylation sites (N-methyl/N-ethyl adjacent to an activating group) is 1. The van der Waals surface area contributed by atoms with Gasteiger partial charge in [0.25, 0.3) is 5.91 Å². The van der Waals surface area contributed by atoms with E-state index in [9.17, 15) is 9.59 Å². The van der Waals surface area contributed by atoms with Crippen molar-refractivity contribution < 1.29 is 14.3 Å². The zero-order chi connectivity index (χ0) is 19.2. The van der Waals surface area contributed by atoms with Crippen LogP contribution in [0.25, 0.3) is 10.2 Å². The molecule has 1 aromatic heterocycles. The number of thiazole rings is 1. The Morgan fingerprint density at radius 3 is 2.59 bits per heavy atom. The standard InChI is InChI=1S/C20H21N3O3S/c1-14(20-22-16-10-6-7-11-17(16)27-20)23(2)19(25)12-21-18(24)13-26-15-8-4-3-5-9-15/h3-11,14H,12-13H2,1-2H3,(H,21,24)/t14-/m1/s1. The second kappa shape index (κ2) is 8.64. The Morgan fingerprint density at radius 2 is 1.85 bits per heavy atom. The number of ether oxygens (including phenoxy) is 1. The molecule has 1 atom stereocenters.